The Kier molecular flexibility index (Phi) is 13.8. The van der Waals surface area contributed by atoms with E-state index < -0.39 is 0 Å². The zero-order chi connectivity index (χ0) is 71.9. The molecule has 14 aromatic carbocycles. The van der Waals surface area contributed by atoms with Crippen LogP contribution >= 0.6 is 0 Å². The molecule has 0 amide bonds. The van der Waals surface area contributed by atoms with Crippen molar-refractivity contribution in [2.24, 2.45) is 0 Å². The minimum atomic E-state index is -0.258. The third kappa shape index (κ3) is 9.76. The van der Waals surface area contributed by atoms with Crippen LogP contribution in [0.4, 0.5) is 34.5 Å². The number of hydrogen-bond acceptors (Lipinski definition) is 6. The van der Waals surface area contributed by atoms with Gasteiger partial charge in [-0.2, -0.15) is 0 Å². The van der Waals surface area contributed by atoms with E-state index in [1.54, 1.807) is 0 Å². The first-order valence-corrected chi connectivity index (χ1v) is 37.1. The molecule has 0 atom stereocenters. The fourth-order valence-electron chi connectivity index (χ4n) is 17.7. The Morgan fingerprint density at radius 2 is 0.623 bits per heavy atom. The van der Waals surface area contributed by atoms with Crippen LogP contribution in [0.5, 0.6) is 0 Å². The number of rotatable bonds is 10. The molecular formula is C100H78N2O4. The summed E-state index contributed by atoms with van der Waals surface area (Å²) in [7, 11) is 0. The maximum atomic E-state index is 7.92. The van der Waals surface area contributed by atoms with Gasteiger partial charge in [-0.25, -0.2) is 0 Å². The molecule has 0 bridgehead atoms. The van der Waals surface area contributed by atoms with Gasteiger partial charge in [-0.3, -0.25) is 9.80 Å². The third-order valence-corrected chi connectivity index (χ3v) is 23.2. The molecule has 0 saturated carbocycles. The highest BCUT2D eigenvalue weighted by Crippen LogP contribution is 2.57. The summed E-state index contributed by atoms with van der Waals surface area (Å²) < 4.78 is 28.9. The Balaban J connectivity index is 0.834. The van der Waals surface area contributed by atoms with E-state index in [1.807, 2.05) is 24.3 Å². The predicted molar refractivity (Wildman–Crippen MR) is 442 cm³/mol. The van der Waals surface area contributed by atoms with Crippen LogP contribution in [0.2, 0.25) is 0 Å². The summed E-state index contributed by atoms with van der Waals surface area (Å²) in [4.78, 5) is 4.68. The van der Waals surface area contributed by atoms with Gasteiger partial charge < -0.3 is 17.7 Å². The normalized spacial score (nSPS) is 13.7. The lowest BCUT2D eigenvalue weighted by Gasteiger charge is -2.27. The van der Waals surface area contributed by atoms with Crippen LogP contribution in [0.1, 0.15) is 103 Å². The van der Waals surface area contributed by atoms with Crippen molar-refractivity contribution in [1.82, 2.24) is 0 Å². The number of anilines is 6. The average molecular weight is 1370 g/mol. The molecule has 0 unspecified atom stereocenters. The Morgan fingerprint density at radius 1 is 0.274 bits per heavy atom. The van der Waals surface area contributed by atoms with Gasteiger partial charge in [-0.1, -0.05) is 239 Å². The molecule has 0 aliphatic heterocycles. The van der Waals surface area contributed by atoms with Crippen LogP contribution in [0.25, 0.3) is 143 Å². The molecule has 18 aromatic rings. The number of furan rings is 4. The molecule has 20 rings (SSSR count). The first-order chi connectivity index (χ1) is 51.3. The van der Waals surface area contributed by atoms with Gasteiger partial charge in [0.25, 0.3) is 0 Å². The van der Waals surface area contributed by atoms with E-state index in [0.717, 1.165) is 122 Å². The molecule has 0 fully saturated rings. The molecule has 106 heavy (non-hydrogen) atoms. The minimum Gasteiger partial charge on any atom is -0.456 e. The standard InChI is InChI=1S/C100H78N2O4/c1-97(2,3)67-39-27-63(28-40-67)89-79-53-51-78-77(93(79)105-95(89)101(69-43-33-61(34-44-69)87-55-65-19-11-17-25-85(65)103-87)71-47-31-59-37-49-75-73-21-13-15-23-83(73)99(7,8)91(75)81(59)57-71)52-54-80-90(64-29-41-68(42-30-64)98(4,5)6)96(106-94(78)80)102(70-45-35-62(36-46-70)88-56-66-20-12-18-26-86(66)104-88)72-48-32-60-38-50-76-74-22-14-16-24-84(74)100(9,10)92(76)82(60)58-72/h11-58H,1-10H3. The molecule has 4 aromatic heterocycles. The van der Waals surface area contributed by atoms with Crippen molar-refractivity contribution < 1.29 is 17.7 Å². The zero-order valence-electron chi connectivity index (χ0n) is 61.2. The van der Waals surface area contributed by atoms with E-state index in [1.165, 1.54) is 77.2 Å². The second kappa shape index (κ2) is 23.1. The van der Waals surface area contributed by atoms with E-state index in [2.05, 4.69) is 346 Å². The monoisotopic (exact) mass is 1370 g/mol. The summed E-state index contributed by atoms with van der Waals surface area (Å²) in [5.41, 5.74) is 25.3. The lowest BCUT2D eigenvalue weighted by molar-refractivity contribution is 0.590. The Bertz CT molecular complexity index is 6170. The predicted octanol–water partition coefficient (Wildman–Crippen LogP) is 28.9. The van der Waals surface area contributed by atoms with Crippen LogP contribution in [-0.4, -0.2) is 0 Å². The first kappa shape index (κ1) is 63.3. The van der Waals surface area contributed by atoms with Gasteiger partial charge >= 0.3 is 0 Å². The quantitative estimate of drug-likeness (QED) is 0.136. The smallest absolute Gasteiger partial charge is 0.213 e. The van der Waals surface area contributed by atoms with Crippen molar-refractivity contribution in [1.29, 1.82) is 0 Å². The topological polar surface area (TPSA) is 59.0 Å². The molecule has 2 aliphatic carbocycles. The summed E-state index contributed by atoms with van der Waals surface area (Å²) in [6.45, 7) is 23.2. The SMILES string of the molecule is CC(C)(C)c1ccc(-c2c(N(c3ccc(-c4cc5ccccc5o4)cc3)c3ccc4ccc5c(c4c3)C(C)(C)c3ccccc3-5)oc3c2ccc2c3ccc3c(-c4ccc(C(C)(C)C)cc4)c(N(c4ccc(-c5cc6ccccc6o5)cc4)c4ccc5ccc6c(c5c4)C(C)(C)c4ccccc4-6)oc32)cc1. The molecule has 4 heterocycles. The van der Waals surface area contributed by atoms with Gasteiger partial charge in [-0.15, -0.1) is 0 Å². The summed E-state index contributed by atoms with van der Waals surface area (Å²) in [5, 5.41) is 10.7. The molecule has 0 saturated heterocycles. The lowest BCUT2D eigenvalue weighted by atomic mass is 9.80. The molecule has 6 nitrogen and oxygen atoms in total. The van der Waals surface area contributed by atoms with Crippen LogP contribution < -0.4 is 9.80 Å². The first-order valence-electron chi connectivity index (χ1n) is 37.1. The molecule has 0 radical (unpaired) electrons. The maximum absolute atomic E-state index is 7.92. The van der Waals surface area contributed by atoms with Gasteiger partial charge in [0.1, 0.15) is 33.9 Å². The van der Waals surface area contributed by atoms with Gasteiger partial charge in [0.2, 0.25) is 11.8 Å². The lowest BCUT2D eigenvalue weighted by Crippen LogP contribution is -2.16. The minimum absolute atomic E-state index is 0.0739. The molecule has 2 aliphatic rings. The largest absolute Gasteiger partial charge is 0.456 e. The van der Waals surface area contributed by atoms with Crippen molar-refractivity contribution in [2.75, 3.05) is 9.80 Å². The van der Waals surface area contributed by atoms with Crippen molar-refractivity contribution >= 4 is 111 Å². The summed E-state index contributed by atoms with van der Waals surface area (Å²) in [6, 6.07) is 107. The van der Waals surface area contributed by atoms with Crippen LogP contribution in [0.3, 0.4) is 0 Å². The summed E-state index contributed by atoms with van der Waals surface area (Å²) in [6.07, 6.45) is 0. The van der Waals surface area contributed by atoms with E-state index in [4.69, 9.17) is 17.7 Å². The third-order valence-electron chi connectivity index (χ3n) is 23.2. The highest BCUT2D eigenvalue weighted by molar-refractivity contribution is 6.21. The molecule has 0 N–H and O–H groups in total. The van der Waals surface area contributed by atoms with E-state index in [0.29, 0.717) is 11.8 Å². The maximum Gasteiger partial charge on any atom is 0.213 e. The second-order valence-electron chi connectivity index (χ2n) is 32.4. The van der Waals surface area contributed by atoms with Gasteiger partial charge in [-0.05, 0) is 220 Å². The molecule has 6 heteroatoms. The Morgan fingerprint density at radius 3 is 1.02 bits per heavy atom. The van der Waals surface area contributed by atoms with Gasteiger partial charge in [0.05, 0.1) is 11.1 Å². The zero-order valence-corrected chi connectivity index (χ0v) is 61.2. The van der Waals surface area contributed by atoms with Crippen molar-refractivity contribution in [2.45, 2.75) is 90.9 Å². The molecule has 0 spiro atoms. The van der Waals surface area contributed by atoms with E-state index in [-0.39, 0.29) is 21.7 Å². The second-order valence-corrected chi connectivity index (χ2v) is 32.4. The van der Waals surface area contributed by atoms with Crippen LogP contribution in [0.15, 0.2) is 309 Å². The number of para-hydroxylation sites is 2. The fraction of sp³-hybridized carbons (Fsp3) is 0.140. The Labute approximate surface area is 617 Å². The average Bonchev–Trinajstić information content (AvgIpc) is 1.50. The van der Waals surface area contributed by atoms with Crippen molar-refractivity contribution in [3.05, 3.63) is 325 Å². The van der Waals surface area contributed by atoms with Crippen molar-refractivity contribution in [3.8, 4) is 67.2 Å². The van der Waals surface area contributed by atoms with Gasteiger partial charge in [0.15, 0.2) is 0 Å². The molecular weight excluding hydrogens is 1290 g/mol. The number of fused-ring (bicyclic) bond motifs is 17. The number of nitrogens with zero attached hydrogens (tertiary/aromatic N) is 2. The highest BCUT2D eigenvalue weighted by atomic mass is 16.4. The highest BCUT2D eigenvalue weighted by Gasteiger charge is 2.40. The Hall–Kier alpha value is -12.4. The number of hydrogen-bond donors (Lipinski definition) is 0. The van der Waals surface area contributed by atoms with Crippen molar-refractivity contribution in [3.63, 3.8) is 0 Å². The summed E-state index contributed by atoms with van der Waals surface area (Å²) in [5.74, 6) is 3.02. The van der Waals surface area contributed by atoms with Crippen LogP contribution in [0, 0.1) is 0 Å². The van der Waals surface area contributed by atoms with Gasteiger partial charge in [0, 0.05) is 77.0 Å². The van der Waals surface area contributed by atoms with E-state index in [9.17, 15) is 0 Å². The number of benzene rings is 14. The van der Waals surface area contributed by atoms with E-state index >= 15 is 0 Å². The fourth-order valence-corrected chi connectivity index (χ4v) is 17.7. The molecule has 512 valence electrons. The van der Waals surface area contributed by atoms with Crippen LogP contribution in [-0.2, 0) is 21.7 Å². The summed E-state index contributed by atoms with van der Waals surface area (Å²) >= 11 is 0.